The summed E-state index contributed by atoms with van der Waals surface area (Å²) in [6.07, 6.45) is 1.60. The molecule has 1 saturated heterocycles. The van der Waals surface area contributed by atoms with Gasteiger partial charge in [-0.2, -0.15) is 4.31 Å². The fraction of sp³-hybridized carbons (Fsp3) is 0.600. The highest BCUT2D eigenvalue weighted by Gasteiger charge is 2.30. The van der Waals surface area contributed by atoms with Gasteiger partial charge in [-0.05, 0) is 51.9 Å². The number of rotatable bonds is 6. The summed E-state index contributed by atoms with van der Waals surface area (Å²) >= 11 is 0. The Morgan fingerprint density at radius 3 is 2.48 bits per heavy atom. The molecule has 0 aromatic heterocycles. The summed E-state index contributed by atoms with van der Waals surface area (Å²) in [5.74, 6) is -0.924. The van der Waals surface area contributed by atoms with Crippen LogP contribution in [-0.2, 0) is 20.0 Å². The van der Waals surface area contributed by atoms with Gasteiger partial charge in [0.1, 0.15) is 5.82 Å². The number of likely N-dealkylation sites (N-methyl/N-ethyl adjacent to an activating group) is 1. The van der Waals surface area contributed by atoms with Gasteiger partial charge in [0.15, 0.2) is 0 Å². The van der Waals surface area contributed by atoms with Crippen molar-refractivity contribution in [1.29, 1.82) is 0 Å². The molecule has 1 fully saturated rings. The van der Waals surface area contributed by atoms with Crippen LogP contribution in [0.15, 0.2) is 23.1 Å². The first-order chi connectivity index (χ1) is 11.6. The van der Waals surface area contributed by atoms with E-state index >= 15 is 0 Å². The number of nitrogens with one attached hydrogen (secondary N) is 2. The summed E-state index contributed by atoms with van der Waals surface area (Å²) in [5, 5.41) is 2.32. The maximum atomic E-state index is 14.3. The normalized spacial score (nSPS) is 20.0. The monoisotopic (exact) mass is 393 g/mol. The van der Waals surface area contributed by atoms with Crippen LogP contribution in [0.2, 0.25) is 0 Å². The summed E-state index contributed by atoms with van der Waals surface area (Å²) in [5.41, 5.74) is -0.264. The van der Waals surface area contributed by atoms with Crippen LogP contribution >= 0.6 is 0 Å². The van der Waals surface area contributed by atoms with E-state index in [0.717, 1.165) is 25.0 Å². The Morgan fingerprint density at radius 2 is 1.92 bits per heavy atom. The zero-order chi connectivity index (χ0) is 18.8. The van der Waals surface area contributed by atoms with Crippen molar-refractivity contribution in [3.05, 3.63) is 24.0 Å². The van der Waals surface area contributed by atoms with E-state index < -0.39 is 31.1 Å². The van der Waals surface area contributed by atoms with Crippen LogP contribution in [0.3, 0.4) is 0 Å². The molecule has 0 spiro atoms. The number of anilines is 1. The molecule has 10 heteroatoms. The van der Waals surface area contributed by atoms with Gasteiger partial charge in [-0.25, -0.2) is 21.2 Å². The molecule has 1 aliphatic heterocycles. The Labute approximate surface area is 148 Å². The average Bonchev–Trinajstić information content (AvgIpc) is 2.56. The smallest absolute Gasteiger partial charge is 0.243 e. The molecule has 0 saturated carbocycles. The van der Waals surface area contributed by atoms with Crippen LogP contribution in [-0.4, -0.2) is 52.6 Å². The lowest BCUT2D eigenvalue weighted by molar-refractivity contribution is 0.293. The van der Waals surface area contributed by atoms with Gasteiger partial charge in [-0.15, -0.1) is 0 Å². The SMILES string of the molecule is CNC1CCCN(S(=O)(=O)c2ccc(NS(=O)(=O)C(C)C)c(F)c2)C1. The zero-order valence-electron chi connectivity index (χ0n) is 14.5. The van der Waals surface area contributed by atoms with E-state index in [1.165, 1.54) is 24.2 Å². The first-order valence-electron chi connectivity index (χ1n) is 8.06. The largest absolute Gasteiger partial charge is 0.316 e. The fourth-order valence-corrected chi connectivity index (χ4v) is 4.80. The standard InChI is InChI=1S/C15H24FN3O4S2/c1-11(2)24(20,21)18-15-7-6-13(9-14(15)16)25(22,23)19-8-4-5-12(10-19)17-3/h6-7,9,11-12,17-18H,4-5,8,10H2,1-3H3. The quantitative estimate of drug-likeness (QED) is 0.761. The molecule has 0 amide bonds. The molecule has 7 nitrogen and oxygen atoms in total. The molecule has 1 unspecified atom stereocenters. The van der Waals surface area contributed by atoms with Crippen molar-refractivity contribution >= 4 is 25.7 Å². The molecule has 2 N–H and O–H groups in total. The molecule has 0 radical (unpaired) electrons. The maximum Gasteiger partial charge on any atom is 0.243 e. The third kappa shape index (κ3) is 4.49. The van der Waals surface area contributed by atoms with Crippen molar-refractivity contribution in [2.24, 2.45) is 0 Å². The summed E-state index contributed by atoms with van der Waals surface area (Å²) in [4.78, 5) is -0.186. The van der Waals surface area contributed by atoms with Crippen LogP contribution in [0.25, 0.3) is 0 Å². The van der Waals surface area contributed by atoms with Crippen molar-refractivity contribution in [2.45, 2.75) is 42.9 Å². The summed E-state index contributed by atoms with van der Waals surface area (Å²) < 4.78 is 66.8. The van der Waals surface area contributed by atoms with Gasteiger partial charge in [0.2, 0.25) is 20.0 Å². The Morgan fingerprint density at radius 1 is 1.24 bits per heavy atom. The predicted octanol–water partition coefficient (Wildman–Crippen LogP) is 1.35. The van der Waals surface area contributed by atoms with Gasteiger partial charge in [0.25, 0.3) is 0 Å². The van der Waals surface area contributed by atoms with E-state index in [-0.39, 0.29) is 16.6 Å². The van der Waals surface area contributed by atoms with Crippen molar-refractivity contribution in [3.8, 4) is 0 Å². The first-order valence-corrected chi connectivity index (χ1v) is 11.0. The molecular formula is C15H24FN3O4S2. The lowest BCUT2D eigenvalue weighted by Crippen LogP contribution is -2.46. The van der Waals surface area contributed by atoms with E-state index in [9.17, 15) is 21.2 Å². The van der Waals surface area contributed by atoms with E-state index in [4.69, 9.17) is 0 Å². The maximum absolute atomic E-state index is 14.3. The summed E-state index contributed by atoms with van der Waals surface area (Å²) in [6, 6.07) is 3.28. The Bertz CT molecular complexity index is 825. The van der Waals surface area contributed by atoms with Gasteiger partial charge < -0.3 is 5.32 Å². The molecule has 0 aliphatic carbocycles. The van der Waals surface area contributed by atoms with E-state index in [1.807, 2.05) is 0 Å². The molecule has 1 aliphatic rings. The number of halogens is 1. The minimum Gasteiger partial charge on any atom is -0.316 e. The van der Waals surface area contributed by atoms with E-state index in [2.05, 4.69) is 10.0 Å². The van der Waals surface area contributed by atoms with Crippen molar-refractivity contribution in [3.63, 3.8) is 0 Å². The minimum atomic E-state index is -3.83. The Hall–Kier alpha value is -1.23. The number of piperidine rings is 1. The number of nitrogens with zero attached hydrogens (tertiary/aromatic N) is 1. The van der Waals surface area contributed by atoms with Crippen LogP contribution in [0.1, 0.15) is 26.7 Å². The van der Waals surface area contributed by atoms with Crippen LogP contribution in [0, 0.1) is 5.82 Å². The molecule has 2 rings (SSSR count). The molecule has 25 heavy (non-hydrogen) atoms. The van der Waals surface area contributed by atoms with Crippen LogP contribution < -0.4 is 10.0 Å². The fourth-order valence-electron chi connectivity index (χ4n) is 2.56. The number of benzene rings is 1. The van der Waals surface area contributed by atoms with Crippen molar-refractivity contribution in [2.75, 3.05) is 24.9 Å². The van der Waals surface area contributed by atoms with Gasteiger partial charge in [0, 0.05) is 19.1 Å². The molecular weight excluding hydrogens is 369 g/mol. The van der Waals surface area contributed by atoms with Crippen molar-refractivity contribution in [1.82, 2.24) is 9.62 Å². The van der Waals surface area contributed by atoms with Gasteiger partial charge >= 0.3 is 0 Å². The van der Waals surface area contributed by atoms with Gasteiger partial charge in [-0.3, -0.25) is 4.72 Å². The summed E-state index contributed by atoms with van der Waals surface area (Å²) in [7, 11) is -5.77. The summed E-state index contributed by atoms with van der Waals surface area (Å²) in [6.45, 7) is 3.63. The second-order valence-electron chi connectivity index (χ2n) is 6.33. The molecule has 1 heterocycles. The topological polar surface area (TPSA) is 95.6 Å². The highest BCUT2D eigenvalue weighted by atomic mass is 32.2. The van der Waals surface area contributed by atoms with E-state index in [0.29, 0.717) is 13.1 Å². The Balaban J connectivity index is 2.27. The third-order valence-electron chi connectivity index (χ3n) is 4.24. The number of sulfonamides is 2. The second-order valence-corrected chi connectivity index (χ2v) is 10.5. The molecule has 1 atom stereocenters. The van der Waals surface area contributed by atoms with E-state index in [1.54, 1.807) is 7.05 Å². The minimum absolute atomic E-state index is 0.0606. The highest BCUT2D eigenvalue weighted by Crippen LogP contribution is 2.25. The first kappa shape index (κ1) is 20.1. The predicted molar refractivity (Wildman–Crippen MR) is 94.9 cm³/mol. The Kier molecular flexibility index (Phi) is 6.08. The van der Waals surface area contributed by atoms with Crippen LogP contribution in [0.5, 0.6) is 0 Å². The van der Waals surface area contributed by atoms with Crippen LogP contribution in [0.4, 0.5) is 10.1 Å². The average molecular weight is 394 g/mol. The number of hydrogen-bond acceptors (Lipinski definition) is 5. The molecule has 142 valence electrons. The third-order valence-corrected chi connectivity index (χ3v) is 7.85. The molecule has 0 bridgehead atoms. The van der Waals surface area contributed by atoms with Crippen molar-refractivity contribution < 1.29 is 21.2 Å². The lowest BCUT2D eigenvalue weighted by atomic mass is 10.1. The van der Waals surface area contributed by atoms with Gasteiger partial charge in [-0.1, -0.05) is 0 Å². The zero-order valence-corrected chi connectivity index (χ0v) is 16.1. The second kappa shape index (κ2) is 7.56. The van der Waals surface area contributed by atoms with Gasteiger partial charge in [0.05, 0.1) is 15.8 Å². The lowest BCUT2D eigenvalue weighted by Gasteiger charge is -2.31. The molecule has 1 aromatic rings. The molecule has 1 aromatic carbocycles. The highest BCUT2D eigenvalue weighted by molar-refractivity contribution is 7.93. The number of hydrogen-bond donors (Lipinski definition) is 2.